The van der Waals surface area contributed by atoms with Gasteiger partial charge in [0.05, 0.1) is 24.2 Å². The first-order valence-corrected chi connectivity index (χ1v) is 30.0. The largest absolute Gasteiger partial charge is 2.00 e. The van der Waals surface area contributed by atoms with Crippen LogP contribution in [0.1, 0.15) is 284 Å². The van der Waals surface area contributed by atoms with Gasteiger partial charge in [0, 0.05) is 24.9 Å². The van der Waals surface area contributed by atoms with Gasteiger partial charge < -0.3 is 20.4 Å². The Morgan fingerprint density at radius 3 is 0.573 bits per heavy atom. The van der Waals surface area contributed by atoms with Gasteiger partial charge in [0.1, 0.15) is 0 Å². The van der Waals surface area contributed by atoms with Crippen LogP contribution in [0.3, 0.4) is 0 Å². The summed E-state index contributed by atoms with van der Waals surface area (Å²) in [5.74, 6) is 0.240. The second kappa shape index (κ2) is 27.0. The normalized spacial score (nSPS) is 19.1. The summed E-state index contributed by atoms with van der Waals surface area (Å²) in [6.07, 6.45) is 15.3. The SMILES string of the molecule is CC(C)(C)c1cc(C=N[C@@H]2CCCC[C@H]2N=Cc2cc(C(C)(C)C)cc(C(C)(C)C)c2[O-])c([O-])c(C(C)(C)C)c1.CC(C)(C)c1cc(C=N[C@@H]2CCCC[C@H]2N=Cc2cc(C(C)(C)C)cc(C(C)(C)C)c2[O-])c([O-])c(C(C)(C)C)c1.[Cu+2].[Cu+2]. The van der Waals surface area contributed by atoms with Gasteiger partial charge in [-0.2, -0.15) is 0 Å². The third-order valence-corrected chi connectivity index (χ3v) is 16.2. The zero-order valence-corrected chi connectivity index (χ0v) is 56.8. The molecular formula is C72H104Cu2N4O4. The van der Waals surface area contributed by atoms with E-state index in [9.17, 15) is 20.4 Å². The van der Waals surface area contributed by atoms with Gasteiger partial charge in [-0.3, -0.25) is 20.0 Å². The number of nitrogens with zero attached hydrogens (tertiary/aromatic N) is 4. The van der Waals surface area contributed by atoms with Crippen LogP contribution in [0, 0.1) is 0 Å². The van der Waals surface area contributed by atoms with Crippen molar-refractivity contribution in [1.29, 1.82) is 0 Å². The molecule has 0 amide bonds. The molecule has 0 unspecified atom stereocenters. The van der Waals surface area contributed by atoms with Crippen LogP contribution in [0.4, 0.5) is 0 Å². The molecule has 8 nitrogen and oxygen atoms in total. The van der Waals surface area contributed by atoms with E-state index in [4.69, 9.17) is 20.0 Å². The molecule has 10 heteroatoms. The van der Waals surface area contributed by atoms with Gasteiger partial charge in [0.15, 0.2) is 0 Å². The van der Waals surface area contributed by atoms with Gasteiger partial charge >= 0.3 is 34.1 Å². The van der Waals surface area contributed by atoms with E-state index in [1.807, 2.05) is 24.3 Å². The van der Waals surface area contributed by atoms with Gasteiger partial charge in [0.2, 0.25) is 0 Å². The Labute approximate surface area is 519 Å². The zero-order chi connectivity index (χ0) is 60.5. The van der Waals surface area contributed by atoms with E-state index in [-0.39, 0.29) is 125 Å². The first-order chi connectivity index (χ1) is 36.4. The molecule has 2 aliphatic rings. The number of hydrogen-bond acceptors (Lipinski definition) is 8. The maximum absolute atomic E-state index is 13.5. The summed E-state index contributed by atoms with van der Waals surface area (Å²) < 4.78 is 0. The molecule has 0 heterocycles. The zero-order valence-electron chi connectivity index (χ0n) is 54.9. The Morgan fingerprint density at radius 2 is 0.439 bits per heavy atom. The monoisotopic (exact) mass is 1210 g/mol. The number of rotatable bonds is 8. The summed E-state index contributed by atoms with van der Waals surface area (Å²) in [4.78, 5) is 19.9. The van der Waals surface area contributed by atoms with E-state index in [0.29, 0.717) is 22.3 Å². The molecule has 4 aromatic rings. The van der Waals surface area contributed by atoms with Crippen molar-refractivity contribution in [2.45, 2.75) is 285 Å². The number of hydrogen-bond donors (Lipinski definition) is 0. The average Bonchev–Trinajstić information content (AvgIpc) is 3.30. The van der Waals surface area contributed by atoms with E-state index < -0.39 is 0 Å². The van der Waals surface area contributed by atoms with Gasteiger partial charge in [-0.05, 0) is 136 Å². The smallest absolute Gasteiger partial charge is 0.872 e. The molecule has 0 aliphatic heterocycles. The minimum Gasteiger partial charge on any atom is -0.872 e. The molecule has 2 radical (unpaired) electrons. The van der Waals surface area contributed by atoms with Crippen LogP contribution in [0.2, 0.25) is 0 Å². The molecule has 0 spiro atoms. The van der Waals surface area contributed by atoms with Gasteiger partial charge in [-0.15, -0.1) is 0 Å². The van der Waals surface area contributed by atoms with Crippen molar-refractivity contribution >= 4 is 24.9 Å². The first kappa shape index (κ1) is 72.1. The first-order valence-electron chi connectivity index (χ1n) is 30.0. The fourth-order valence-corrected chi connectivity index (χ4v) is 10.5. The summed E-state index contributed by atoms with van der Waals surface area (Å²) in [5.41, 5.74) is 9.24. The second-order valence-corrected chi connectivity index (χ2v) is 31.7. The summed E-state index contributed by atoms with van der Waals surface area (Å²) >= 11 is 0. The third-order valence-electron chi connectivity index (χ3n) is 16.2. The van der Waals surface area contributed by atoms with E-state index in [0.717, 1.165) is 95.9 Å². The van der Waals surface area contributed by atoms with Crippen LogP contribution in [0.15, 0.2) is 68.5 Å². The average molecular weight is 1220 g/mol. The van der Waals surface area contributed by atoms with E-state index in [1.165, 1.54) is 0 Å². The van der Waals surface area contributed by atoms with Crippen molar-refractivity contribution in [2.75, 3.05) is 0 Å². The fourth-order valence-electron chi connectivity index (χ4n) is 10.5. The molecule has 0 aromatic heterocycles. The summed E-state index contributed by atoms with van der Waals surface area (Å²) in [5, 5.41) is 53.9. The fraction of sp³-hybridized carbons (Fsp3) is 0.611. The van der Waals surface area contributed by atoms with Gasteiger partial charge in [0.25, 0.3) is 0 Å². The maximum atomic E-state index is 13.5. The van der Waals surface area contributed by atoms with E-state index in [2.05, 4.69) is 190 Å². The molecule has 0 saturated heterocycles. The Morgan fingerprint density at radius 1 is 0.280 bits per heavy atom. The van der Waals surface area contributed by atoms with Crippen molar-refractivity contribution in [3.63, 3.8) is 0 Å². The Bertz CT molecular complexity index is 2530. The molecular weight excluding hydrogens is 1110 g/mol. The molecule has 82 heavy (non-hydrogen) atoms. The molecule has 0 N–H and O–H groups in total. The molecule has 2 saturated carbocycles. The van der Waals surface area contributed by atoms with Gasteiger partial charge in [-0.25, -0.2) is 0 Å². The van der Waals surface area contributed by atoms with E-state index in [1.54, 1.807) is 24.9 Å². The van der Waals surface area contributed by atoms with Gasteiger partial charge in [-0.1, -0.05) is 263 Å². The standard InChI is InChI=1S/2C36H54N2O2.2Cu/c2*1-33(2,3)25-17-23(31(39)27(19-25)35(7,8)9)21-37-29-15-13-14-16-30(29)38-22-24-18-26(34(4,5)6)20-28(32(24)40)36(10,11)12;;/h2*17-22,29-30,39-40H,13-16H2,1-12H3;;/q;;2*+2/p-4/t2*29-,30-;;/m11../s1. The van der Waals surface area contributed by atoms with Crippen molar-refractivity contribution in [3.05, 3.63) is 115 Å². The summed E-state index contributed by atoms with van der Waals surface area (Å²) in [7, 11) is 0. The topological polar surface area (TPSA) is 142 Å². The van der Waals surface area contributed by atoms with Crippen LogP contribution < -0.4 is 20.4 Å². The van der Waals surface area contributed by atoms with Crippen molar-refractivity contribution in [2.24, 2.45) is 20.0 Å². The molecule has 6 rings (SSSR count). The number of benzene rings is 4. The van der Waals surface area contributed by atoms with Crippen LogP contribution in [-0.4, -0.2) is 49.0 Å². The Balaban J connectivity index is 0.000000420. The second-order valence-electron chi connectivity index (χ2n) is 31.7. The summed E-state index contributed by atoms with van der Waals surface area (Å²) in [6, 6.07) is 16.3. The van der Waals surface area contributed by atoms with E-state index >= 15 is 0 Å². The summed E-state index contributed by atoms with van der Waals surface area (Å²) in [6.45, 7) is 51.2. The van der Waals surface area contributed by atoms with Crippen LogP contribution in [-0.2, 0) is 77.5 Å². The van der Waals surface area contributed by atoms with Crippen molar-refractivity contribution in [1.82, 2.24) is 0 Å². The molecule has 458 valence electrons. The Hall–Kier alpha value is -4.20. The molecule has 2 fully saturated rings. The minimum absolute atomic E-state index is 0. The van der Waals surface area contributed by atoms with Crippen LogP contribution >= 0.6 is 0 Å². The van der Waals surface area contributed by atoms with Crippen LogP contribution in [0.5, 0.6) is 23.0 Å². The molecule has 4 atom stereocenters. The molecule has 2 aliphatic carbocycles. The quantitative estimate of drug-likeness (QED) is 0.128. The predicted molar refractivity (Wildman–Crippen MR) is 336 cm³/mol. The van der Waals surface area contributed by atoms with Crippen molar-refractivity contribution < 1.29 is 54.6 Å². The maximum Gasteiger partial charge on any atom is 2.00 e. The van der Waals surface area contributed by atoms with Crippen molar-refractivity contribution in [3.8, 4) is 23.0 Å². The number of aliphatic imine (C=N–C) groups is 4. The predicted octanol–water partition coefficient (Wildman–Crippen LogP) is 15.7. The molecule has 4 aromatic carbocycles. The minimum atomic E-state index is -0.248. The Kier molecular flexibility index (Phi) is 23.7. The van der Waals surface area contributed by atoms with Crippen LogP contribution in [0.25, 0.3) is 0 Å². The third kappa shape index (κ3) is 18.9. The molecule has 0 bridgehead atoms.